The number of aromatic amines is 1. The number of ether oxygens (including phenoxy) is 1. The maximum absolute atomic E-state index is 12.3. The number of halogens is 1. The summed E-state index contributed by atoms with van der Waals surface area (Å²) in [6.07, 6.45) is 1.92. The van der Waals surface area contributed by atoms with Gasteiger partial charge in [0.15, 0.2) is 0 Å². The van der Waals surface area contributed by atoms with Crippen LogP contribution in [0, 0.1) is 6.92 Å². The average molecular weight is 279 g/mol. The molecule has 0 radical (unpaired) electrons. The summed E-state index contributed by atoms with van der Waals surface area (Å²) < 4.78 is 6.57. The van der Waals surface area contributed by atoms with Crippen molar-refractivity contribution in [3.8, 4) is 5.69 Å². The van der Waals surface area contributed by atoms with Gasteiger partial charge in [0.05, 0.1) is 18.6 Å². The first-order valence-electron chi connectivity index (χ1n) is 5.92. The lowest BCUT2D eigenvalue weighted by molar-refractivity contribution is 0.254. The number of hydrogen-bond donors (Lipinski definition) is 1. The predicted octanol–water partition coefficient (Wildman–Crippen LogP) is 2.83. The molecule has 0 saturated heterocycles. The zero-order chi connectivity index (χ0) is 13.8. The van der Waals surface area contributed by atoms with Gasteiger partial charge < -0.3 is 4.74 Å². The van der Waals surface area contributed by atoms with E-state index >= 15 is 0 Å². The third-order valence-corrected chi connectivity index (χ3v) is 3.12. The zero-order valence-electron chi connectivity index (χ0n) is 10.6. The molecular formula is C14H15ClN2O2. The molecule has 0 aliphatic carbocycles. The summed E-state index contributed by atoms with van der Waals surface area (Å²) >= 11 is 5.84. The lowest BCUT2D eigenvalue weighted by Crippen LogP contribution is -2.18. The van der Waals surface area contributed by atoms with Gasteiger partial charge in [0.1, 0.15) is 0 Å². The fourth-order valence-corrected chi connectivity index (χ4v) is 2.02. The van der Waals surface area contributed by atoms with Gasteiger partial charge in [-0.1, -0.05) is 18.2 Å². The number of benzene rings is 1. The summed E-state index contributed by atoms with van der Waals surface area (Å²) in [6.45, 7) is 5.79. The van der Waals surface area contributed by atoms with Gasteiger partial charge in [-0.05, 0) is 31.2 Å². The lowest BCUT2D eigenvalue weighted by atomic mass is 10.2. The van der Waals surface area contributed by atoms with Gasteiger partial charge in [-0.3, -0.25) is 9.89 Å². The molecule has 0 bridgehead atoms. The Labute approximate surface area is 116 Å². The zero-order valence-corrected chi connectivity index (χ0v) is 11.4. The SMILES string of the molecule is C=COCCc1c(C)[nH]n(-c2ccc(Cl)cc2)c1=O. The van der Waals surface area contributed by atoms with Gasteiger partial charge in [0.25, 0.3) is 5.56 Å². The molecule has 0 atom stereocenters. The fourth-order valence-electron chi connectivity index (χ4n) is 1.89. The fraction of sp³-hybridized carbons (Fsp3) is 0.214. The van der Waals surface area contributed by atoms with E-state index in [0.717, 1.165) is 16.9 Å². The molecule has 19 heavy (non-hydrogen) atoms. The van der Waals surface area contributed by atoms with Crippen molar-refractivity contribution in [2.75, 3.05) is 6.61 Å². The molecule has 1 heterocycles. The van der Waals surface area contributed by atoms with Gasteiger partial charge in [0.2, 0.25) is 0 Å². The Hall–Kier alpha value is -1.94. The molecule has 1 aromatic heterocycles. The Morgan fingerprint density at radius 1 is 1.42 bits per heavy atom. The predicted molar refractivity (Wildman–Crippen MR) is 76.0 cm³/mol. The quantitative estimate of drug-likeness (QED) is 0.675. The summed E-state index contributed by atoms with van der Waals surface area (Å²) in [5.41, 5.74) is 2.25. The third-order valence-electron chi connectivity index (χ3n) is 2.87. The van der Waals surface area contributed by atoms with Gasteiger partial charge >= 0.3 is 0 Å². The van der Waals surface area contributed by atoms with Crippen LogP contribution < -0.4 is 5.56 Å². The van der Waals surface area contributed by atoms with Crippen LogP contribution in [0.2, 0.25) is 5.02 Å². The van der Waals surface area contributed by atoms with Crippen LogP contribution in [0.15, 0.2) is 41.9 Å². The molecule has 1 aromatic carbocycles. The van der Waals surface area contributed by atoms with E-state index in [1.165, 1.54) is 10.9 Å². The van der Waals surface area contributed by atoms with Crippen LogP contribution >= 0.6 is 11.6 Å². The van der Waals surface area contributed by atoms with E-state index in [4.69, 9.17) is 16.3 Å². The largest absolute Gasteiger partial charge is 0.501 e. The van der Waals surface area contributed by atoms with Gasteiger partial charge in [-0.25, -0.2) is 4.68 Å². The molecule has 1 N–H and O–H groups in total. The van der Waals surface area contributed by atoms with Crippen LogP contribution in [0.25, 0.3) is 5.69 Å². The highest BCUT2D eigenvalue weighted by molar-refractivity contribution is 6.30. The Kier molecular flexibility index (Phi) is 4.12. The lowest BCUT2D eigenvalue weighted by Gasteiger charge is -2.01. The van der Waals surface area contributed by atoms with E-state index in [0.29, 0.717) is 18.1 Å². The van der Waals surface area contributed by atoms with Gasteiger partial charge in [-0.2, -0.15) is 0 Å². The molecule has 100 valence electrons. The highest BCUT2D eigenvalue weighted by atomic mass is 35.5. The Balaban J connectivity index is 2.33. The Morgan fingerprint density at radius 2 is 2.11 bits per heavy atom. The molecular weight excluding hydrogens is 264 g/mol. The maximum atomic E-state index is 12.3. The number of hydrogen-bond acceptors (Lipinski definition) is 2. The number of aryl methyl sites for hydroxylation is 1. The second-order valence-corrected chi connectivity index (χ2v) is 4.56. The molecule has 0 aliphatic heterocycles. The summed E-state index contributed by atoms with van der Waals surface area (Å²) in [6, 6.07) is 7.09. The van der Waals surface area contributed by atoms with E-state index in [1.54, 1.807) is 24.3 Å². The summed E-state index contributed by atoms with van der Waals surface area (Å²) in [5.74, 6) is 0. The minimum atomic E-state index is -0.0625. The van der Waals surface area contributed by atoms with Crippen LogP contribution in [0.4, 0.5) is 0 Å². The first-order chi connectivity index (χ1) is 9.13. The van der Waals surface area contributed by atoms with Gasteiger partial charge in [0, 0.05) is 22.7 Å². The highest BCUT2D eigenvalue weighted by Gasteiger charge is 2.11. The molecule has 2 aromatic rings. The standard InChI is InChI=1S/C14H15ClN2O2/c1-3-19-9-8-13-10(2)16-17(14(13)18)12-6-4-11(15)5-7-12/h3-7,16H,1,8-9H2,2H3. The smallest absolute Gasteiger partial charge is 0.274 e. The van der Waals surface area contributed by atoms with Crippen molar-refractivity contribution in [3.05, 3.63) is 63.7 Å². The van der Waals surface area contributed by atoms with Crippen molar-refractivity contribution in [1.29, 1.82) is 0 Å². The molecule has 0 unspecified atom stereocenters. The number of nitrogens with one attached hydrogen (secondary N) is 1. The second-order valence-electron chi connectivity index (χ2n) is 4.12. The van der Waals surface area contributed by atoms with Crippen molar-refractivity contribution >= 4 is 11.6 Å². The summed E-state index contributed by atoms with van der Waals surface area (Å²) in [5, 5.41) is 3.69. The monoisotopic (exact) mass is 278 g/mol. The van der Waals surface area contributed by atoms with E-state index in [-0.39, 0.29) is 5.56 Å². The van der Waals surface area contributed by atoms with Crippen LogP contribution in [-0.2, 0) is 11.2 Å². The van der Waals surface area contributed by atoms with E-state index in [2.05, 4.69) is 11.7 Å². The van der Waals surface area contributed by atoms with Crippen molar-refractivity contribution in [1.82, 2.24) is 9.78 Å². The molecule has 4 nitrogen and oxygen atoms in total. The molecule has 2 rings (SSSR count). The number of nitrogens with zero attached hydrogens (tertiary/aromatic N) is 1. The van der Waals surface area contributed by atoms with Crippen LogP contribution in [0.5, 0.6) is 0 Å². The second kappa shape index (κ2) is 5.80. The van der Waals surface area contributed by atoms with Crippen molar-refractivity contribution < 1.29 is 4.74 Å². The molecule has 0 aliphatic rings. The van der Waals surface area contributed by atoms with Crippen molar-refractivity contribution in [2.45, 2.75) is 13.3 Å². The maximum Gasteiger partial charge on any atom is 0.274 e. The van der Waals surface area contributed by atoms with Crippen LogP contribution in [0.3, 0.4) is 0 Å². The first kappa shape index (κ1) is 13.5. The molecule has 0 amide bonds. The van der Waals surface area contributed by atoms with Crippen LogP contribution in [0.1, 0.15) is 11.3 Å². The van der Waals surface area contributed by atoms with Crippen molar-refractivity contribution in [2.24, 2.45) is 0 Å². The van der Waals surface area contributed by atoms with Crippen LogP contribution in [-0.4, -0.2) is 16.4 Å². The average Bonchev–Trinajstić information content (AvgIpc) is 2.68. The van der Waals surface area contributed by atoms with E-state index < -0.39 is 0 Å². The molecule has 5 heteroatoms. The normalized spacial score (nSPS) is 10.4. The minimum Gasteiger partial charge on any atom is -0.501 e. The van der Waals surface area contributed by atoms with E-state index in [9.17, 15) is 4.79 Å². The molecule has 0 saturated carbocycles. The van der Waals surface area contributed by atoms with Gasteiger partial charge in [-0.15, -0.1) is 0 Å². The van der Waals surface area contributed by atoms with Crippen molar-refractivity contribution in [3.63, 3.8) is 0 Å². The third kappa shape index (κ3) is 2.90. The summed E-state index contributed by atoms with van der Waals surface area (Å²) in [7, 11) is 0. The van der Waals surface area contributed by atoms with E-state index in [1.807, 2.05) is 6.92 Å². The minimum absolute atomic E-state index is 0.0625. The number of aromatic nitrogens is 2. The number of H-pyrrole nitrogens is 1. The number of rotatable bonds is 5. The molecule has 0 spiro atoms. The Morgan fingerprint density at radius 3 is 2.74 bits per heavy atom. The Bertz CT molecular complexity index is 626. The molecule has 0 fully saturated rings. The summed E-state index contributed by atoms with van der Waals surface area (Å²) in [4.78, 5) is 12.3. The first-order valence-corrected chi connectivity index (χ1v) is 6.30. The topological polar surface area (TPSA) is 47.0 Å². The highest BCUT2D eigenvalue weighted by Crippen LogP contribution is 2.12.